The van der Waals surface area contributed by atoms with Crippen LogP contribution in [0.5, 0.6) is 0 Å². The van der Waals surface area contributed by atoms with Gasteiger partial charge in [-0.25, -0.2) is 0 Å². The van der Waals surface area contributed by atoms with Gasteiger partial charge >= 0.3 is 6.18 Å². The number of alkyl halides is 3. The van der Waals surface area contributed by atoms with Crippen LogP contribution >= 0.6 is 0 Å². The van der Waals surface area contributed by atoms with Crippen molar-refractivity contribution in [1.82, 2.24) is 5.32 Å². The van der Waals surface area contributed by atoms with Gasteiger partial charge in [-0.1, -0.05) is 18.2 Å². The molecular formula is C17H19F3N2. The fraction of sp³-hybridized carbons (Fsp3) is 0.235. The average Bonchev–Trinajstić information content (AvgIpc) is 2.46. The van der Waals surface area contributed by atoms with Gasteiger partial charge < -0.3 is 5.32 Å². The maximum atomic E-state index is 12.8. The highest BCUT2D eigenvalue weighted by atomic mass is 19.4. The maximum Gasteiger partial charge on any atom is 0.416 e. The van der Waals surface area contributed by atoms with E-state index in [1.54, 1.807) is 37.7 Å². The SMILES string of the molecule is C=CC\N=C/C(=C\C(C)=C\NC)c1cccc(C(F)(F)F)c1. The average molecular weight is 308 g/mol. The molecule has 5 heteroatoms. The normalized spacial score (nSPS) is 13.5. The Labute approximate surface area is 128 Å². The van der Waals surface area contributed by atoms with Crippen molar-refractivity contribution < 1.29 is 13.2 Å². The molecule has 0 amide bonds. The van der Waals surface area contributed by atoms with Gasteiger partial charge in [0, 0.05) is 13.3 Å². The van der Waals surface area contributed by atoms with Crippen molar-refractivity contribution in [3.63, 3.8) is 0 Å². The van der Waals surface area contributed by atoms with Gasteiger partial charge in [0.05, 0.1) is 12.1 Å². The summed E-state index contributed by atoms with van der Waals surface area (Å²) in [7, 11) is 1.76. The van der Waals surface area contributed by atoms with Gasteiger partial charge in [0.1, 0.15) is 0 Å². The van der Waals surface area contributed by atoms with Gasteiger partial charge in [-0.05, 0) is 48.0 Å². The van der Waals surface area contributed by atoms with Crippen molar-refractivity contribution in [3.05, 3.63) is 65.9 Å². The lowest BCUT2D eigenvalue weighted by molar-refractivity contribution is -0.137. The highest BCUT2D eigenvalue weighted by Crippen LogP contribution is 2.30. The lowest BCUT2D eigenvalue weighted by Gasteiger charge is -2.09. The van der Waals surface area contributed by atoms with Gasteiger partial charge in [0.15, 0.2) is 0 Å². The van der Waals surface area contributed by atoms with Crippen molar-refractivity contribution in [1.29, 1.82) is 0 Å². The number of benzene rings is 1. The Bertz CT molecular complexity index is 596. The van der Waals surface area contributed by atoms with Crippen LogP contribution in [0.2, 0.25) is 0 Å². The van der Waals surface area contributed by atoms with Crippen LogP contribution in [0.3, 0.4) is 0 Å². The van der Waals surface area contributed by atoms with Gasteiger partial charge in [0.2, 0.25) is 0 Å². The lowest BCUT2D eigenvalue weighted by atomic mass is 10.0. The van der Waals surface area contributed by atoms with E-state index in [1.807, 2.05) is 6.92 Å². The van der Waals surface area contributed by atoms with E-state index in [2.05, 4.69) is 16.9 Å². The number of allylic oxidation sites excluding steroid dienone is 3. The van der Waals surface area contributed by atoms with Crippen molar-refractivity contribution >= 4 is 11.8 Å². The van der Waals surface area contributed by atoms with E-state index in [4.69, 9.17) is 0 Å². The molecule has 0 heterocycles. The molecule has 0 saturated heterocycles. The smallest absolute Gasteiger partial charge is 0.394 e. The van der Waals surface area contributed by atoms with E-state index in [0.29, 0.717) is 17.7 Å². The van der Waals surface area contributed by atoms with Crippen LogP contribution in [0.4, 0.5) is 13.2 Å². The second kappa shape index (κ2) is 8.22. The molecule has 0 fully saturated rings. The summed E-state index contributed by atoms with van der Waals surface area (Å²) >= 11 is 0. The topological polar surface area (TPSA) is 24.4 Å². The van der Waals surface area contributed by atoms with E-state index < -0.39 is 11.7 Å². The first-order valence-electron chi connectivity index (χ1n) is 6.72. The van der Waals surface area contributed by atoms with E-state index in [0.717, 1.165) is 17.7 Å². The third-order valence-electron chi connectivity index (χ3n) is 2.74. The molecule has 0 spiro atoms. The fourth-order valence-corrected chi connectivity index (χ4v) is 1.81. The largest absolute Gasteiger partial charge is 0.416 e. The Balaban J connectivity index is 3.27. The molecule has 0 saturated carbocycles. The molecule has 0 aliphatic carbocycles. The molecule has 0 aromatic heterocycles. The number of aliphatic imine (C=N–C) groups is 1. The predicted octanol–water partition coefficient (Wildman–Crippen LogP) is 4.47. The zero-order chi connectivity index (χ0) is 16.6. The summed E-state index contributed by atoms with van der Waals surface area (Å²) in [6, 6.07) is 5.20. The highest BCUT2D eigenvalue weighted by Gasteiger charge is 2.30. The summed E-state index contributed by atoms with van der Waals surface area (Å²) in [5.41, 5.74) is 1.27. The van der Waals surface area contributed by atoms with E-state index in [1.165, 1.54) is 6.07 Å². The van der Waals surface area contributed by atoms with Crippen molar-refractivity contribution in [2.75, 3.05) is 13.6 Å². The maximum absolute atomic E-state index is 12.8. The summed E-state index contributed by atoms with van der Waals surface area (Å²) in [5.74, 6) is 0. The van der Waals surface area contributed by atoms with Crippen LogP contribution in [0.1, 0.15) is 18.1 Å². The molecular weight excluding hydrogens is 289 g/mol. The molecule has 1 rings (SSSR count). The number of nitrogens with zero attached hydrogens (tertiary/aromatic N) is 1. The molecule has 2 nitrogen and oxygen atoms in total. The third kappa shape index (κ3) is 5.60. The summed E-state index contributed by atoms with van der Waals surface area (Å²) in [5, 5.41) is 2.88. The molecule has 0 unspecified atom stereocenters. The molecule has 1 aromatic rings. The van der Waals surface area contributed by atoms with Gasteiger partial charge in [-0.15, -0.1) is 6.58 Å². The molecule has 0 bridgehead atoms. The number of halogens is 3. The zero-order valence-corrected chi connectivity index (χ0v) is 12.6. The van der Waals surface area contributed by atoms with Crippen LogP contribution in [-0.2, 0) is 6.18 Å². The minimum Gasteiger partial charge on any atom is -0.394 e. The van der Waals surface area contributed by atoms with E-state index in [9.17, 15) is 13.2 Å². The second-order valence-corrected chi connectivity index (χ2v) is 4.64. The first-order valence-corrected chi connectivity index (χ1v) is 6.72. The molecule has 22 heavy (non-hydrogen) atoms. The van der Waals surface area contributed by atoms with Crippen molar-refractivity contribution in [2.45, 2.75) is 13.1 Å². The molecule has 0 atom stereocenters. The van der Waals surface area contributed by atoms with Gasteiger partial charge in [0.25, 0.3) is 0 Å². The zero-order valence-electron chi connectivity index (χ0n) is 12.6. The summed E-state index contributed by atoms with van der Waals surface area (Å²) in [6.45, 7) is 5.82. The standard InChI is InChI=1S/C17H19F3N2/c1-4-8-22-12-15(9-13(2)11-21-3)14-6-5-7-16(10-14)17(18,19)20/h4-7,9-12,21H,1,8H2,2-3H3/b13-11+,15-9+,22-12-. The summed E-state index contributed by atoms with van der Waals surface area (Å²) in [4.78, 5) is 4.13. The second-order valence-electron chi connectivity index (χ2n) is 4.64. The summed E-state index contributed by atoms with van der Waals surface area (Å²) in [6.07, 6.45) is 2.35. The first kappa shape index (κ1) is 17.8. The van der Waals surface area contributed by atoms with Crippen LogP contribution in [0.15, 0.2) is 59.8 Å². The predicted molar refractivity (Wildman–Crippen MR) is 85.8 cm³/mol. The van der Waals surface area contributed by atoms with Gasteiger partial charge in [-0.2, -0.15) is 13.2 Å². The van der Waals surface area contributed by atoms with Crippen LogP contribution in [0.25, 0.3) is 5.57 Å². The van der Waals surface area contributed by atoms with Crippen LogP contribution in [-0.4, -0.2) is 19.8 Å². The quantitative estimate of drug-likeness (QED) is 0.468. The molecule has 0 radical (unpaired) electrons. The number of rotatable bonds is 6. The number of hydrogen-bond acceptors (Lipinski definition) is 2. The fourth-order valence-electron chi connectivity index (χ4n) is 1.81. The summed E-state index contributed by atoms with van der Waals surface area (Å²) < 4.78 is 38.5. The highest BCUT2D eigenvalue weighted by molar-refractivity contribution is 6.10. The van der Waals surface area contributed by atoms with E-state index >= 15 is 0 Å². The lowest BCUT2D eigenvalue weighted by Crippen LogP contribution is -2.05. The minimum absolute atomic E-state index is 0.408. The van der Waals surface area contributed by atoms with Crippen LogP contribution < -0.4 is 5.32 Å². The third-order valence-corrected chi connectivity index (χ3v) is 2.74. The molecule has 118 valence electrons. The van der Waals surface area contributed by atoms with Crippen molar-refractivity contribution in [2.24, 2.45) is 4.99 Å². The van der Waals surface area contributed by atoms with Gasteiger partial charge in [-0.3, -0.25) is 4.99 Å². The number of hydrogen-bond donors (Lipinski definition) is 1. The molecule has 0 aliphatic heterocycles. The van der Waals surface area contributed by atoms with Crippen molar-refractivity contribution in [3.8, 4) is 0 Å². The Hall–Kier alpha value is -2.30. The molecule has 1 aromatic carbocycles. The Morgan fingerprint density at radius 1 is 1.36 bits per heavy atom. The monoisotopic (exact) mass is 308 g/mol. The Morgan fingerprint density at radius 3 is 2.68 bits per heavy atom. The molecule has 1 N–H and O–H groups in total. The number of nitrogens with one attached hydrogen (secondary N) is 1. The minimum atomic E-state index is -4.37. The Kier molecular flexibility index (Phi) is 6.63. The van der Waals surface area contributed by atoms with Crippen LogP contribution in [0, 0.1) is 0 Å². The first-order chi connectivity index (χ1) is 10.4. The van der Waals surface area contributed by atoms with E-state index in [-0.39, 0.29) is 0 Å². The Morgan fingerprint density at radius 2 is 2.09 bits per heavy atom. The molecule has 0 aliphatic rings.